The Hall–Kier alpha value is -2.28. The molecule has 0 saturated carbocycles. The number of amides is 1. The van der Waals surface area contributed by atoms with Gasteiger partial charge in [-0.05, 0) is 30.3 Å². The summed E-state index contributed by atoms with van der Waals surface area (Å²) in [5.74, 6) is -2.35. The van der Waals surface area contributed by atoms with Crippen molar-refractivity contribution >= 4 is 33.5 Å². The number of hydrogen-bond donors (Lipinski definition) is 2. The molecule has 0 radical (unpaired) electrons. The molecule has 0 bridgehead atoms. The fourth-order valence-electron chi connectivity index (χ4n) is 1.50. The van der Waals surface area contributed by atoms with Crippen molar-refractivity contribution in [2.75, 3.05) is 5.32 Å². The Bertz CT molecular complexity index is 674. The van der Waals surface area contributed by atoms with E-state index in [0.717, 1.165) is 12.3 Å². The van der Waals surface area contributed by atoms with Crippen LogP contribution in [-0.4, -0.2) is 22.0 Å². The van der Waals surface area contributed by atoms with Crippen molar-refractivity contribution in [3.63, 3.8) is 0 Å². The summed E-state index contributed by atoms with van der Waals surface area (Å²) in [5, 5.41) is 11.5. The first kappa shape index (κ1) is 14.1. The molecular weight excluding hydrogens is 331 g/mol. The SMILES string of the molecule is O=C(Nc1ccc(Br)cc1C(=O)O)c1ccc(F)cn1. The zero-order valence-corrected chi connectivity index (χ0v) is 11.5. The molecule has 2 aromatic rings. The number of nitrogens with zero attached hydrogens (tertiary/aromatic N) is 1. The van der Waals surface area contributed by atoms with Crippen LogP contribution in [0.25, 0.3) is 0 Å². The summed E-state index contributed by atoms with van der Waals surface area (Å²) < 4.78 is 13.3. The van der Waals surface area contributed by atoms with Crippen LogP contribution in [0.15, 0.2) is 41.0 Å². The number of carboxylic acids is 1. The first-order valence-corrected chi connectivity index (χ1v) is 6.22. The Kier molecular flexibility index (Phi) is 4.09. The molecule has 0 spiro atoms. The number of halogens is 2. The summed E-state index contributed by atoms with van der Waals surface area (Å²) in [5.41, 5.74) is 0.0670. The van der Waals surface area contributed by atoms with Crippen molar-refractivity contribution in [3.05, 3.63) is 58.1 Å². The van der Waals surface area contributed by atoms with Gasteiger partial charge in [0.15, 0.2) is 0 Å². The molecule has 20 heavy (non-hydrogen) atoms. The van der Waals surface area contributed by atoms with E-state index in [1.54, 1.807) is 6.07 Å². The molecule has 0 fully saturated rings. The van der Waals surface area contributed by atoms with Crippen molar-refractivity contribution in [2.24, 2.45) is 0 Å². The number of benzene rings is 1. The van der Waals surface area contributed by atoms with Gasteiger partial charge in [0.25, 0.3) is 5.91 Å². The smallest absolute Gasteiger partial charge is 0.337 e. The lowest BCUT2D eigenvalue weighted by Crippen LogP contribution is -2.16. The molecule has 102 valence electrons. The van der Waals surface area contributed by atoms with Crippen LogP contribution >= 0.6 is 15.9 Å². The van der Waals surface area contributed by atoms with Crippen LogP contribution in [-0.2, 0) is 0 Å². The number of carboxylic acid groups (broad SMARTS) is 1. The number of hydrogen-bond acceptors (Lipinski definition) is 3. The summed E-state index contributed by atoms with van der Waals surface area (Å²) in [6, 6.07) is 6.73. The first-order chi connectivity index (χ1) is 9.47. The van der Waals surface area contributed by atoms with Gasteiger partial charge in [-0.25, -0.2) is 14.2 Å². The summed E-state index contributed by atoms with van der Waals surface area (Å²) in [4.78, 5) is 26.6. The van der Waals surface area contributed by atoms with Gasteiger partial charge in [0, 0.05) is 4.47 Å². The summed E-state index contributed by atoms with van der Waals surface area (Å²) in [6.45, 7) is 0. The van der Waals surface area contributed by atoms with Crippen molar-refractivity contribution in [1.29, 1.82) is 0 Å². The van der Waals surface area contributed by atoms with Crippen molar-refractivity contribution in [3.8, 4) is 0 Å². The monoisotopic (exact) mass is 338 g/mol. The number of pyridine rings is 1. The highest BCUT2D eigenvalue weighted by molar-refractivity contribution is 9.10. The van der Waals surface area contributed by atoms with Crippen molar-refractivity contribution < 1.29 is 19.1 Å². The quantitative estimate of drug-likeness (QED) is 0.901. The minimum atomic E-state index is -1.17. The van der Waals surface area contributed by atoms with Crippen LogP contribution in [0.5, 0.6) is 0 Å². The van der Waals surface area contributed by atoms with E-state index in [1.807, 2.05) is 0 Å². The molecule has 0 aliphatic rings. The maximum absolute atomic E-state index is 12.7. The molecule has 0 aliphatic carbocycles. The maximum Gasteiger partial charge on any atom is 0.337 e. The Morgan fingerprint density at radius 3 is 2.60 bits per heavy atom. The minimum Gasteiger partial charge on any atom is -0.478 e. The number of aromatic nitrogens is 1. The average Bonchev–Trinajstić information content (AvgIpc) is 2.41. The highest BCUT2D eigenvalue weighted by Gasteiger charge is 2.14. The van der Waals surface area contributed by atoms with Gasteiger partial charge in [-0.15, -0.1) is 0 Å². The second-order valence-electron chi connectivity index (χ2n) is 3.81. The van der Waals surface area contributed by atoms with Crippen LogP contribution in [0.1, 0.15) is 20.8 Å². The fraction of sp³-hybridized carbons (Fsp3) is 0. The molecule has 5 nitrogen and oxygen atoms in total. The number of carbonyl (C=O) groups is 2. The van der Waals surface area contributed by atoms with Crippen LogP contribution in [0.2, 0.25) is 0 Å². The van der Waals surface area contributed by atoms with E-state index in [0.29, 0.717) is 4.47 Å². The molecule has 0 unspecified atom stereocenters. The van der Waals surface area contributed by atoms with E-state index in [2.05, 4.69) is 26.2 Å². The fourth-order valence-corrected chi connectivity index (χ4v) is 1.86. The Labute approximate surface area is 121 Å². The van der Waals surface area contributed by atoms with Gasteiger partial charge in [-0.3, -0.25) is 4.79 Å². The maximum atomic E-state index is 12.7. The summed E-state index contributed by atoms with van der Waals surface area (Å²) >= 11 is 3.15. The molecule has 1 aromatic carbocycles. The molecule has 2 rings (SSSR count). The molecule has 0 atom stereocenters. The first-order valence-electron chi connectivity index (χ1n) is 5.43. The second kappa shape index (κ2) is 5.79. The topological polar surface area (TPSA) is 79.3 Å². The van der Waals surface area contributed by atoms with Gasteiger partial charge >= 0.3 is 5.97 Å². The highest BCUT2D eigenvalue weighted by atomic mass is 79.9. The van der Waals surface area contributed by atoms with Crippen LogP contribution in [0, 0.1) is 5.82 Å². The molecule has 0 saturated heterocycles. The normalized spacial score (nSPS) is 10.1. The number of anilines is 1. The molecular formula is C13H8BrFN2O3. The zero-order chi connectivity index (χ0) is 14.7. The van der Waals surface area contributed by atoms with E-state index in [-0.39, 0.29) is 16.9 Å². The van der Waals surface area contributed by atoms with Crippen LogP contribution in [0.4, 0.5) is 10.1 Å². The third-order valence-electron chi connectivity index (χ3n) is 2.42. The summed E-state index contributed by atoms with van der Waals surface area (Å²) in [6.07, 6.45) is 0.911. The van der Waals surface area contributed by atoms with Gasteiger partial charge in [-0.2, -0.15) is 0 Å². The third-order valence-corrected chi connectivity index (χ3v) is 2.91. The predicted molar refractivity (Wildman–Crippen MR) is 73.2 cm³/mol. The predicted octanol–water partition coefficient (Wildman–Crippen LogP) is 2.93. The Morgan fingerprint density at radius 1 is 1.25 bits per heavy atom. The van der Waals surface area contributed by atoms with Gasteiger partial charge in [-0.1, -0.05) is 15.9 Å². The lowest BCUT2D eigenvalue weighted by Gasteiger charge is -2.08. The van der Waals surface area contributed by atoms with Gasteiger partial charge in [0.2, 0.25) is 0 Å². The largest absolute Gasteiger partial charge is 0.478 e. The van der Waals surface area contributed by atoms with Crippen LogP contribution < -0.4 is 5.32 Å². The van der Waals surface area contributed by atoms with E-state index in [1.165, 1.54) is 18.2 Å². The lowest BCUT2D eigenvalue weighted by atomic mass is 10.1. The minimum absolute atomic E-state index is 0.00865. The average molecular weight is 339 g/mol. The lowest BCUT2D eigenvalue weighted by molar-refractivity contribution is 0.0698. The number of carbonyl (C=O) groups excluding carboxylic acids is 1. The number of nitrogens with one attached hydrogen (secondary N) is 1. The molecule has 1 aromatic heterocycles. The van der Waals surface area contributed by atoms with E-state index in [9.17, 15) is 14.0 Å². The second-order valence-corrected chi connectivity index (χ2v) is 4.73. The Morgan fingerprint density at radius 2 is 2.00 bits per heavy atom. The van der Waals surface area contributed by atoms with Gasteiger partial charge < -0.3 is 10.4 Å². The number of aromatic carboxylic acids is 1. The van der Waals surface area contributed by atoms with Crippen molar-refractivity contribution in [1.82, 2.24) is 4.98 Å². The van der Waals surface area contributed by atoms with E-state index in [4.69, 9.17) is 5.11 Å². The Balaban J connectivity index is 2.28. The molecule has 1 amide bonds. The zero-order valence-electron chi connectivity index (χ0n) is 9.93. The van der Waals surface area contributed by atoms with Gasteiger partial charge in [0.05, 0.1) is 17.4 Å². The number of rotatable bonds is 3. The molecule has 7 heteroatoms. The van der Waals surface area contributed by atoms with E-state index >= 15 is 0 Å². The highest BCUT2D eigenvalue weighted by Crippen LogP contribution is 2.21. The van der Waals surface area contributed by atoms with Crippen molar-refractivity contribution in [2.45, 2.75) is 0 Å². The van der Waals surface area contributed by atoms with Crippen LogP contribution in [0.3, 0.4) is 0 Å². The third kappa shape index (κ3) is 3.18. The molecule has 1 heterocycles. The van der Waals surface area contributed by atoms with E-state index < -0.39 is 17.7 Å². The molecule has 2 N–H and O–H groups in total. The molecule has 0 aliphatic heterocycles. The summed E-state index contributed by atoms with van der Waals surface area (Å²) in [7, 11) is 0. The van der Waals surface area contributed by atoms with Gasteiger partial charge in [0.1, 0.15) is 11.5 Å². The standard InChI is InChI=1S/C13H8BrFN2O3/c14-7-1-3-10(9(5-7)13(19)20)17-12(18)11-4-2-8(15)6-16-11/h1-6H,(H,17,18)(H,19,20).